The van der Waals surface area contributed by atoms with Crippen LogP contribution in [0.3, 0.4) is 0 Å². The van der Waals surface area contributed by atoms with Crippen LogP contribution in [0, 0.1) is 0 Å². The van der Waals surface area contributed by atoms with Crippen LogP contribution < -0.4 is 0 Å². The highest BCUT2D eigenvalue weighted by Crippen LogP contribution is 2.36. The third kappa shape index (κ3) is 1.26. The maximum atomic E-state index is 11.8. The first kappa shape index (κ1) is 9.41. The number of ketones is 1. The van der Waals surface area contributed by atoms with Crippen LogP contribution in [-0.4, -0.2) is 16.5 Å². The van der Waals surface area contributed by atoms with E-state index in [2.05, 4.69) is 0 Å². The zero-order valence-electron chi connectivity index (χ0n) is 8.45. The molecule has 1 aromatic rings. The zero-order valence-corrected chi connectivity index (χ0v) is 8.45. The number of hydrogen-bond acceptors (Lipinski definition) is 2. The first-order valence-electron chi connectivity index (χ1n) is 4.88. The minimum Gasteiger partial charge on any atom is -0.382 e. The Balaban J connectivity index is 2.57. The fourth-order valence-electron chi connectivity index (χ4n) is 2.22. The van der Waals surface area contributed by atoms with E-state index in [4.69, 9.17) is 0 Å². The van der Waals surface area contributed by atoms with Crippen molar-refractivity contribution < 1.29 is 9.90 Å². The highest BCUT2D eigenvalue weighted by molar-refractivity contribution is 6.04. The molecule has 0 radical (unpaired) electrons. The van der Waals surface area contributed by atoms with Gasteiger partial charge in [0.15, 0.2) is 5.78 Å². The molecule has 0 spiro atoms. The lowest BCUT2D eigenvalue weighted by Gasteiger charge is -2.32. The maximum absolute atomic E-state index is 11.8. The second-order valence-electron chi connectivity index (χ2n) is 4.30. The van der Waals surface area contributed by atoms with Crippen LogP contribution in [0.15, 0.2) is 24.3 Å². The number of Topliss-reactive ketones (excluding diaryl/α,β-unsaturated/α-hetero) is 1. The van der Waals surface area contributed by atoms with Gasteiger partial charge >= 0.3 is 0 Å². The van der Waals surface area contributed by atoms with Crippen LogP contribution in [0.1, 0.15) is 42.1 Å². The fourth-order valence-corrected chi connectivity index (χ4v) is 2.22. The van der Waals surface area contributed by atoms with Crippen molar-refractivity contribution in [1.82, 2.24) is 0 Å². The molecule has 14 heavy (non-hydrogen) atoms. The van der Waals surface area contributed by atoms with Crippen molar-refractivity contribution in [2.24, 2.45) is 0 Å². The van der Waals surface area contributed by atoms with Gasteiger partial charge in [0, 0.05) is 5.56 Å². The van der Waals surface area contributed by atoms with Gasteiger partial charge in [-0.25, -0.2) is 0 Å². The average molecular weight is 190 g/mol. The van der Waals surface area contributed by atoms with Crippen molar-refractivity contribution >= 4 is 5.78 Å². The van der Waals surface area contributed by atoms with E-state index in [1.54, 1.807) is 13.0 Å². The average Bonchev–Trinajstić information content (AvgIpc) is 2.14. The molecule has 2 unspecified atom stereocenters. The predicted molar refractivity (Wildman–Crippen MR) is 54.4 cm³/mol. The van der Waals surface area contributed by atoms with Crippen molar-refractivity contribution in [3.63, 3.8) is 0 Å². The van der Waals surface area contributed by atoms with Crippen LogP contribution in [0.2, 0.25) is 0 Å². The van der Waals surface area contributed by atoms with Gasteiger partial charge < -0.3 is 5.11 Å². The standard InChI is InChI=1S/C12H14O2/c1-8-7-12(2,14)11(13)10-6-4-3-5-9(8)10/h3-6,8,14H,7H2,1-2H3. The number of aliphatic hydroxyl groups is 1. The Morgan fingerprint density at radius 2 is 2.07 bits per heavy atom. The number of carbonyl (C=O) groups excluding carboxylic acids is 1. The molecule has 0 saturated carbocycles. The summed E-state index contributed by atoms with van der Waals surface area (Å²) in [6.45, 7) is 3.64. The Kier molecular flexibility index (Phi) is 1.96. The Morgan fingerprint density at radius 3 is 2.79 bits per heavy atom. The summed E-state index contributed by atoms with van der Waals surface area (Å²) in [5, 5.41) is 9.91. The molecule has 2 nitrogen and oxygen atoms in total. The van der Waals surface area contributed by atoms with E-state index in [1.165, 1.54) is 0 Å². The van der Waals surface area contributed by atoms with Gasteiger partial charge in [0.2, 0.25) is 0 Å². The molecule has 1 N–H and O–H groups in total. The Hall–Kier alpha value is -1.15. The molecular weight excluding hydrogens is 176 g/mol. The first-order valence-corrected chi connectivity index (χ1v) is 4.88. The lowest BCUT2D eigenvalue weighted by atomic mass is 9.75. The van der Waals surface area contributed by atoms with Crippen molar-refractivity contribution in [2.45, 2.75) is 31.8 Å². The summed E-state index contributed by atoms with van der Waals surface area (Å²) in [6.07, 6.45) is 0.517. The Labute approximate surface area is 83.6 Å². The quantitative estimate of drug-likeness (QED) is 0.680. The van der Waals surface area contributed by atoms with E-state index >= 15 is 0 Å². The number of rotatable bonds is 0. The molecular formula is C12H14O2. The number of benzene rings is 1. The summed E-state index contributed by atoms with van der Waals surface area (Å²) in [7, 11) is 0. The highest BCUT2D eigenvalue weighted by Gasteiger charge is 2.39. The minimum atomic E-state index is -1.19. The summed E-state index contributed by atoms with van der Waals surface area (Å²) in [5.74, 6) is 0.102. The molecule has 0 aliphatic heterocycles. The maximum Gasteiger partial charge on any atom is 0.194 e. The summed E-state index contributed by atoms with van der Waals surface area (Å²) in [6, 6.07) is 7.53. The van der Waals surface area contributed by atoms with Gasteiger partial charge in [-0.3, -0.25) is 4.79 Å². The van der Waals surface area contributed by atoms with Crippen LogP contribution >= 0.6 is 0 Å². The minimum absolute atomic E-state index is 0.147. The van der Waals surface area contributed by atoms with E-state index < -0.39 is 5.60 Å². The van der Waals surface area contributed by atoms with Gasteiger partial charge in [-0.15, -0.1) is 0 Å². The molecule has 0 heterocycles. The number of hydrogen-bond donors (Lipinski definition) is 1. The summed E-state index contributed by atoms with van der Waals surface area (Å²) in [4.78, 5) is 11.8. The smallest absolute Gasteiger partial charge is 0.194 e. The summed E-state index contributed by atoms with van der Waals surface area (Å²) in [5.41, 5.74) is 0.550. The van der Waals surface area contributed by atoms with Crippen molar-refractivity contribution in [3.8, 4) is 0 Å². The third-order valence-corrected chi connectivity index (χ3v) is 2.93. The van der Waals surface area contributed by atoms with Crippen LogP contribution in [0.4, 0.5) is 0 Å². The van der Waals surface area contributed by atoms with Gasteiger partial charge in [0.25, 0.3) is 0 Å². The van der Waals surface area contributed by atoms with E-state index in [1.807, 2.05) is 25.1 Å². The second kappa shape index (κ2) is 2.92. The lowest BCUT2D eigenvalue weighted by Crippen LogP contribution is -2.40. The summed E-state index contributed by atoms with van der Waals surface area (Å²) >= 11 is 0. The molecule has 0 amide bonds. The number of carbonyl (C=O) groups is 1. The molecule has 2 atom stereocenters. The normalized spacial score (nSPS) is 31.4. The molecule has 0 saturated heterocycles. The van der Waals surface area contributed by atoms with E-state index in [-0.39, 0.29) is 11.7 Å². The topological polar surface area (TPSA) is 37.3 Å². The third-order valence-electron chi connectivity index (χ3n) is 2.93. The van der Waals surface area contributed by atoms with Crippen LogP contribution in [0.5, 0.6) is 0 Å². The van der Waals surface area contributed by atoms with Gasteiger partial charge in [0.1, 0.15) is 5.60 Å². The molecule has 2 rings (SSSR count). The van der Waals surface area contributed by atoms with Crippen molar-refractivity contribution in [2.75, 3.05) is 0 Å². The van der Waals surface area contributed by atoms with Crippen LogP contribution in [0.25, 0.3) is 0 Å². The van der Waals surface area contributed by atoms with E-state index in [0.29, 0.717) is 12.0 Å². The van der Waals surface area contributed by atoms with Gasteiger partial charge in [-0.05, 0) is 24.8 Å². The molecule has 0 aromatic heterocycles. The summed E-state index contributed by atoms with van der Waals surface area (Å²) < 4.78 is 0. The molecule has 2 heteroatoms. The monoisotopic (exact) mass is 190 g/mol. The highest BCUT2D eigenvalue weighted by atomic mass is 16.3. The largest absolute Gasteiger partial charge is 0.382 e. The number of fused-ring (bicyclic) bond motifs is 1. The molecule has 0 bridgehead atoms. The second-order valence-corrected chi connectivity index (χ2v) is 4.30. The molecule has 0 fully saturated rings. The van der Waals surface area contributed by atoms with Crippen molar-refractivity contribution in [3.05, 3.63) is 35.4 Å². The zero-order chi connectivity index (χ0) is 10.3. The van der Waals surface area contributed by atoms with Crippen LogP contribution in [-0.2, 0) is 0 Å². The first-order chi connectivity index (χ1) is 6.52. The van der Waals surface area contributed by atoms with E-state index in [0.717, 1.165) is 5.56 Å². The Bertz CT molecular complexity index is 380. The van der Waals surface area contributed by atoms with Crippen molar-refractivity contribution in [1.29, 1.82) is 0 Å². The molecule has 1 aliphatic rings. The molecule has 74 valence electrons. The SMILES string of the molecule is CC1CC(C)(O)C(=O)c2ccccc21. The molecule has 1 aromatic carbocycles. The van der Waals surface area contributed by atoms with E-state index in [9.17, 15) is 9.90 Å². The van der Waals surface area contributed by atoms with Gasteiger partial charge in [-0.2, -0.15) is 0 Å². The Morgan fingerprint density at radius 1 is 1.43 bits per heavy atom. The lowest BCUT2D eigenvalue weighted by molar-refractivity contribution is 0.0305. The molecule has 1 aliphatic carbocycles. The predicted octanol–water partition coefficient (Wildman–Crippen LogP) is 2.13. The fraction of sp³-hybridized carbons (Fsp3) is 0.417. The van der Waals surface area contributed by atoms with Gasteiger partial charge in [-0.1, -0.05) is 31.2 Å². The van der Waals surface area contributed by atoms with Gasteiger partial charge in [0.05, 0.1) is 0 Å².